The number of rotatable bonds is 7. The lowest BCUT2D eigenvalue weighted by molar-refractivity contribution is -0.140. The number of halogens is 1. The summed E-state index contributed by atoms with van der Waals surface area (Å²) in [5, 5.41) is 10.1. The average Bonchev–Trinajstić information content (AvgIpc) is 2.62. The van der Waals surface area contributed by atoms with E-state index >= 15 is 0 Å². The van der Waals surface area contributed by atoms with Gasteiger partial charge in [0.1, 0.15) is 5.84 Å². The number of ether oxygens (including phenoxy) is 1. The van der Waals surface area contributed by atoms with Crippen molar-refractivity contribution in [3.05, 3.63) is 29.8 Å². The van der Waals surface area contributed by atoms with Gasteiger partial charge in [0.15, 0.2) is 0 Å². The number of amidine groups is 1. The van der Waals surface area contributed by atoms with E-state index in [1.807, 2.05) is 24.3 Å². The van der Waals surface area contributed by atoms with E-state index in [0.29, 0.717) is 18.7 Å². The van der Waals surface area contributed by atoms with Crippen LogP contribution in [0.3, 0.4) is 0 Å². The third kappa shape index (κ3) is 6.53. The highest BCUT2D eigenvalue weighted by molar-refractivity contribution is 5.95. The molecule has 0 unspecified atom stereocenters. The number of benzene rings is 1. The second kappa shape index (κ2) is 10.6. The van der Waals surface area contributed by atoms with Gasteiger partial charge in [-0.3, -0.25) is 19.9 Å². The summed E-state index contributed by atoms with van der Waals surface area (Å²) in [6, 6.07) is 7.62. The first-order valence-corrected chi connectivity index (χ1v) is 8.25. The number of nitrogens with two attached hydrogens (primary N) is 1. The van der Waals surface area contributed by atoms with Gasteiger partial charge in [-0.15, -0.1) is 12.4 Å². The zero-order valence-corrected chi connectivity index (χ0v) is 15.7. The molecule has 0 bridgehead atoms. The summed E-state index contributed by atoms with van der Waals surface area (Å²) in [4.78, 5) is 27.2. The standard InChI is InChI=1S/C17H25N5O3.ClH/c1-25-16(24)6-7-20-15(23)12-21-8-10-22(11-9-21)14-4-2-13(3-5-14)17(18)19;/h2-5H,6-12H2,1H3,(H3,18,19)(H,20,23);1H. The summed E-state index contributed by atoms with van der Waals surface area (Å²) in [6.07, 6.45) is 0.187. The van der Waals surface area contributed by atoms with E-state index in [1.54, 1.807) is 0 Å². The minimum Gasteiger partial charge on any atom is -0.469 e. The number of nitrogens with zero attached hydrogens (tertiary/aromatic N) is 2. The molecule has 144 valence electrons. The Kier molecular flexibility index (Phi) is 8.87. The monoisotopic (exact) mass is 383 g/mol. The normalized spacial score (nSPS) is 14.3. The average molecular weight is 384 g/mol. The van der Waals surface area contributed by atoms with E-state index in [4.69, 9.17) is 11.1 Å². The van der Waals surface area contributed by atoms with E-state index in [0.717, 1.165) is 31.9 Å². The number of carbonyl (C=O) groups is 2. The molecule has 8 nitrogen and oxygen atoms in total. The van der Waals surface area contributed by atoms with E-state index in [2.05, 4.69) is 19.9 Å². The SMILES string of the molecule is COC(=O)CCNC(=O)CN1CCN(c2ccc(C(=N)N)cc2)CC1.Cl. The number of nitrogen functional groups attached to an aromatic ring is 1. The molecule has 0 aromatic heterocycles. The van der Waals surface area contributed by atoms with Crippen molar-refractivity contribution in [2.45, 2.75) is 6.42 Å². The van der Waals surface area contributed by atoms with Gasteiger partial charge < -0.3 is 20.7 Å². The summed E-state index contributed by atoms with van der Waals surface area (Å²) in [7, 11) is 1.33. The summed E-state index contributed by atoms with van der Waals surface area (Å²) >= 11 is 0. The fourth-order valence-corrected chi connectivity index (χ4v) is 2.68. The molecular formula is C17H26ClN5O3. The number of amides is 1. The van der Waals surface area contributed by atoms with Crippen LogP contribution < -0.4 is 16.0 Å². The summed E-state index contributed by atoms with van der Waals surface area (Å²) in [5.41, 5.74) is 7.27. The van der Waals surface area contributed by atoms with Crippen molar-refractivity contribution < 1.29 is 14.3 Å². The maximum atomic E-state index is 11.9. The Morgan fingerprint density at radius 3 is 2.35 bits per heavy atom. The third-order valence-electron chi connectivity index (χ3n) is 4.16. The highest BCUT2D eigenvalue weighted by Gasteiger charge is 2.19. The molecule has 2 rings (SSSR count). The molecule has 1 saturated heterocycles. The Morgan fingerprint density at radius 2 is 1.81 bits per heavy atom. The fraction of sp³-hybridized carbons (Fsp3) is 0.471. The zero-order valence-electron chi connectivity index (χ0n) is 14.9. The second-order valence-corrected chi connectivity index (χ2v) is 5.90. The number of hydrogen-bond acceptors (Lipinski definition) is 6. The molecule has 1 aromatic carbocycles. The van der Waals surface area contributed by atoms with Gasteiger partial charge in [0.05, 0.1) is 20.1 Å². The lowest BCUT2D eigenvalue weighted by Crippen LogP contribution is -2.49. The molecule has 0 aliphatic carbocycles. The molecule has 1 aliphatic rings. The van der Waals surface area contributed by atoms with Gasteiger partial charge in [-0.2, -0.15) is 0 Å². The van der Waals surface area contributed by atoms with Crippen LogP contribution in [-0.4, -0.2) is 69.0 Å². The minimum atomic E-state index is -0.329. The maximum absolute atomic E-state index is 11.9. The smallest absolute Gasteiger partial charge is 0.307 e. The molecule has 0 spiro atoms. The van der Waals surface area contributed by atoms with Crippen molar-refractivity contribution in [3.63, 3.8) is 0 Å². The van der Waals surface area contributed by atoms with Crippen LogP contribution in [0.4, 0.5) is 5.69 Å². The Morgan fingerprint density at radius 1 is 1.19 bits per heavy atom. The highest BCUT2D eigenvalue weighted by Crippen LogP contribution is 2.17. The van der Waals surface area contributed by atoms with E-state index in [1.165, 1.54) is 7.11 Å². The van der Waals surface area contributed by atoms with Gasteiger partial charge in [0.25, 0.3) is 0 Å². The van der Waals surface area contributed by atoms with Crippen molar-refractivity contribution in [3.8, 4) is 0 Å². The van der Waals surface area contributed by atoms with Crippen molar-refractivity contribution >= 4 is 35.8 Å². The molecule has 1 aliphatic heterocycles. The zero-order chi connectivity index (χ0) is 18.2. The van der Waals surface area contributed by atoms with Crippen molar-refractivity contribution in [1.82, 2.24) is 10.2 Å². The predicted molar refractivity (Wildman–Crippen MR) is 103 cm³/mol. The second-order valence-electron chi connectivity index (χ2n) is 5.90. The Bertz CT molecular complexity index is 615. The lowest BCUT2D eigenvalue weighted by atomic mass is 10.1. The van der Waals surface area contributed by atoms with Crippen LogP contribution in [0.1, 0.15) is 12.0 Å². The van der Waals surface area contributed by atoms with E-state index < -0.39 is 0 Å². The molecule has 1 aromatic rings. The minimum absolute atomic E-state index is 0. The fourth-order valence-electron chi connectivity index (χ4n) is 2.68. The van der Waals surface area contributed by atoms with Gasteiger partial charge in [0.2, 0.25) is 5.91 Å². The molecule has 26 heavy (non-hydrogen) atoms. The Balaban J connectivity index is 0.00000338. The third-order valence-corrected chi connectivity index (χ3v) is 4.16. The van der Waals surface area contributed by atoms with Crippen LogP contribution in [0, 0.1) is 5.41 Å². The molecule has 1 heterocycles. The lowest BCUT2D eigenvalue weighted by Gasteiger charge is -2.35. The van der Waals surface area contributed by atoms with Crippen LogP contribution in [-0.2, 0) is 14.3 Å². The first-order chi connectivity index (χ1) is 12.0. The quantitative estimate of drug-likeness (QED) is 0.352. The molecule has 0 radical (unpaired) electrons. The highest BCUT2D eigenvalue weighted by atomic mass is 35.5. The molecular weight excluding hydrogens is 358 g/mol. The number of esters is 1. The number of carbonyl (C=O) groups excluding carboxylic acids is 2. The summed E-state index contributed by atoms with van der Waals surface area (Å²) in [6.45, 7) is 3.87. The summed E-state index contributed by atoms with van der Waals surface area (Å²) in [5.74, 6) is -0.345. The van der Waals surface area contributed by atoms with E-state index in [9.17, 15) is 9.59 Å². The van der Waals surface area contributed by atoms with Crippen molar-refractivity contribution in [2.75, 3.05) is 51.3 Å². The summed E-state index contributed by atoms with van der Waals surface area (Å²) < 4.78 is 4.53. The van der Waals surface area contributed by atoms with Crippen molar-refractivity contribution in [1.29, 1.82) is 5.41 Å². The molecule has 1 amide bonds. The van der Waals surface area contributed by atoms with Gasteiger partial charge >= 0.3 is 5.97 Å². The number of piperazine rings is 1. The number of methoxy groups -OCH3 is 1. The largest absolute Gasteiger partial charge is 0.469 e. The van der Waals surface area contributed by atoms with Crippen molar-refractivity contribution in [2.24, 2.45) is 5.73 Å². The van der Waals surface area contributed by atoms with Crippen LogP contribution in [0.2, 0.25) is 0 Å². The van der Waals surface area contributed by atoms with Crippen LogP contribution in [0.15, 0.2) is 24.3 Å². The molecule has 0 atom stereocenters. The van der Waals surface area contributed by atoms with Crippen LogP contribution >= 0.6 is 12.4 Å². The Labute approximate surface area is 159 Å². The number of hydrogen-bond donors (Lipinski definition) is 3. The molecule has 9 heteroatoms. The number of nitrogens with one attached hydrogen (secondary N) is 2. The number of anilines is 1. The maximum Gasteiger partial charge on any atom is 0.307 e. The molecule has 4 N–H and O–H groups in total. The topological polar surface area (TPSA) is 112 Å². The van der Waals surface area contributed by atoms with Gasteiger partial charge in [-0.25, -0.2) is 0 Å². The first-order valence-electron chi connectivity index (χ1n) is 8.25. The van der Waals surface area contributed by atoms with Gasteiger partial charge in [0, 0.05) is 44.0 Å². The first kappa shape index (κ1) is 21.7. The van der Waals surface area contributed by atoms with Gasteiger partial charge in [-0.05, 0) is 24.3 Å². The predicted octanol–water partition coefficient (Wildman–Crippen LogP) is 0.194. The van der Waals surface area contributed by atoms with E-state index in [-0.39, 0.29) is 36.5 Å². The Hall–Kier alpha value is -2.32. The molecule has 0 saturated carbocycles. The molecule has 1 fully saturated rings. The van der Waals surface area contributed by atoms with Crippen LogP contribution in [0.5, 0.6) is 0 Å². The van der Waals surface area contributed by atoms with Crippen LogP contribution in [0.25, 0.3) is 0 Å². The van der Waals surface area contributed by atoms with Gasteiger partial charge in [-0.1, -0.05) is 0 Å².